The van der Waals surface area contributed by atoms with Gasteiger partial charge in [-0.15, -0.1) is 0 Å². The zero-order chi connectivity index (χ0) is 14.8. The van der Waals surface area contributed by atoms with Crippen LogP contribution in [0.25, 0.3) is 0 Å². The molecular weight excluding hydrogens is 268 g/mol. The van der Waals surface area contributed by atoms with E-state index in [4.69, 9.17) is 0 Å². The van der Waals surface area contributed by atoms with Gasteiger partial charge in [0.05, 0.1) is 5.56 Å². The largest absolute Gasteiger partial charge is 0.387 e. The minimum absolute atomic E-state index is 0.149. The van der Waals surface area contributed by atoms with Crippen molar-refractivity contribution >= 4 is 23.4 Å². The van der Waals surface area contributed by atoms with Gasteiger partial charge in [0, 0.05) is 36.3 Å². The molecule has 0 unspecified atom stereocenters. The van der Waals surface area contributed by atoms with Gasteiger partial charge >= 0.3 is 0 Å². The summed E-state index contributed by atoms with van der Waals surface area (Å²) in [6.07, 6.45) is 1.05. The van der Waals surface area contributed by atoms with Gasteiger partial charge in [0.1, 0.15) is 0 Å². The molecule has 1 aromatic rings. The molecule has 3 nitrogen and oxygen atoms in total. The summed E-state index contributed by atoms with van der Waals surface area (Å²) in [5.41, 5.74) is 2.82. The second-order valence-corrected chi connectivity index (χ2v) is 7.75. The molecule has 110 valence electrons. The Kier molecular flexibility index (Phi) is 4.63. The molecule has 0 saturated carbocycles. The summed E-state index contributed by atoms with van der Waals surface area (Å²) < 4.78 is 0.271. The fraction of sp³-hybridized carbons (Fsp3) is 0.562. The normalized spacial score (nSPS) is 18.5. The molecule has 0 radical (unpaired) electrons. The van der Waals surface area contributed by atoms with Gasteiger partial charge in [-0.1, -0.05) is 25.5 Å². The third-order valence-electron chi connectivity index (χ3n) is 3.80. The molecule has 0 atom stereocenters. The predicted octanol–water partition coefficient (Wildman–Crippen LogP) is 3.39. The van der Waals surface area contributed by atoms with Crippen molar-refractivity contribution in [3.05, 3.63) is 29.3 Å². The van der Waals surface area contributed by atoms with E-state index in [1.807, 2.05) is 48.8 Å². The maximum Gasteiger partial charge on any atom is 0.255 e. The van der Waals surface area contributed by atoms with E-state index < -0.39 is 0 Å². The van der Waals surface area contributed by atoms with Crippen LogP contribution in [0.1, 0.15) is 36.2 Å². The first kappa shape index (κ1) is 15.2. The second kappa shape index (κ2) is 6.08. The lowest BCUT2D eigenvalue weighted by Gasteiger charge is -2.23. The number of rotatable bonds is 2. The number of carbonyl (C=O) groups excluding carboxylic acids is 1. The summed E-state index contributed by atoms with van der Waals surface area (Å²) in [5.74, 6) is 1.16. The smallest absolute Gasteiger partial charge is 0.255 e. The Balaban J connectivity index is 2.21. The van der Waals surface area contributed by atoms with Crippen molar-refractivity contribution < 1.29 is 4.79 Å². The Hall–Kier alpha value is -1.16. The van der Waals surface area contributed by atoms with Crippen molar-refractivity contribution in [1.82, 2.24) is 4.90 Å². The number of aryl methyl sites for hydroxylation is 1. The maximum absolute atomic E-state index is 12.8. The number of hydrogen-bond acceptors (Lipinski definition) is 3. The van der Waals surface area contributed by atoms with E-state index in [9.17, 15) is 4.79 Å². The quantitative estimate of drug-likeness (QED) is 0.907. The van der Waals surface area contributed by atoms with E-state index in [-0.39, 0.29) is 10.7 Å². The number of anilines is 1. The highest BCUT2D eigenvalue weighted by molar-refractivity contribution is 8.00. The van der Waals surface area contributed by atoms with Crippen molar-refractivity contribution in [2.24, 2.45) is 0 Å². The van der Waals surface area contributed by atoms with Crippen LogP contribution in [-0.2, 0) is 0 Å². The Bertz CT molecular complexity index is 499. The fourth-order valence-corrected chi connectivity index (χ4v) is 3.55. The molecule has 1 aromatic carbocycles. The third kappa shape index (κ3) is 3.48. The predicted molar refractivity (Wildman–Crippen MR) is 87.8 cm³/mol. The van der Waals surface area contributed by atoms with E-state index in [2.05, 4.69) is 19.2 Å². The molecule has 0 aromatic heterocycles. The molecule has 1 amide bonds. The third-order valence-corrected chi connectivity index (χ3v) is 5.17. The summed E-state index contributed by atoms with van der Waals surface area (Å²) in [6.45, 7) is 8.23. The van der Waals surface area contributed by atoms with Gasteiger partial charge in [0.25, 0.3) is 5.91 Å². The van der Waals surface area contributed by atoms with Gasteiger partial charge in [0.2, 0.25) is 0 Å². The van der Waals surface area contributed by atoms with Crippen molar-refractivity contribution in [2.45, 2.75) is 31.9 Å². The molecule has 1 aliphatic heterocycles. The molecule has 1 aliphatic rings. The van der Waals surface area contributed by atoms with E-state index in [0.29, 0.717) is 0 Å². The summed E-state index contributed by atoms with van der Waals surface area (Å²) in [6, 6.07) is 6.00. The first-order chi connectivity index (χ1) is 9.43. The lowest BCUT2D eigenvalue weighted by atomic mass is 10.1. The van der Waals surface area contributed by atoms with Crippen LogP contribution in [0.15, 0.2) is 18.2 Å². The van der Waals surface area contributed by atoms with Crippen LogP contribution in [0.3, 0.4) is 0 Å². The van der Waals surface area contributed by atoms with E-state index in [1.165, 1.54) is 0 Å². The average molecular weight is 292 g/mol. The van der Waals surface area contributed by atoms with Gasteiger partial charge in [0.15, 0.2) is 0 Å². The number of amides is 1. The van der Waals surface area contributed by atoms with Crippen molar-refractivity contribution in [2.75, 3.05) is 31.2 Å². The van der Waals surface area contributed by atoms with Gasteiger partial charge in [-0.3, -0.25) is 4.79 Å². The number of nitrogens with one attached hydrogen (secondary N) is 1. The summed E-state index contributed by atoms with van der Waals surface area (Å²) >= 11 is 1.96. The fourth-order valence-electron chi connectivity index (χ4n) is 2.45. The lowest BCUT2D eigenvalue weighted by molar-refractivity contribution is 0.0765. The van der Waals surface area contributed by atoms with Crippen LogP contribution in [-0.4, -0.2) is 41.4 Å². The van der Waals surface area contributed by atoms with Gasteiger partial charge in [-0.05, 0) is 25.5 Å². The zero-order valence-corrected chi connectivity index (χ0v) is 13.6. The molecular formula is C16H24N2OS. The first-order valence-electron chi connectivity index (χ1n) is 7.14. The van der Waals surface area contributed by atoms with Crippen LogP contribution in [0.4, 0.5) is 5.69 Å². The molecule has 1 heterocycles. The average Bonchev–Trinajstić information content (AvgIpc) is 2.59. The van der Waals surface area contributed by atoms with Crippen molar-refractivity contribution in [1.29, 1.82) is 0 Å². The van der Waals surface area contributed by atoms with E-state index >= 15 is 0 Å². The lowest BCUT2D eigenvalue weighted by Crippen LogP contribution is -2.34. The van der Waals surface area contributed by atoms with Gasteiger partial charge in [-0.25, -0.2) is 0 Å². The highest BCUT2D eigenvalue weighted by Gasteiger charge is 2.27. The van der Waals surface area contributed by atoms with Crippen LogP contribution in [0.5, 0.6) is 0 Å². The Labute approximate surface area is 126 Å². The SMILES string of the molecule is CNc1ccc(C)cc1C(=O)N1CCSC(C)(C)CC1. The van der Waals surface area contributed by atoms with Crippen LogP contribution < -0.4 is 5.32 Å². The summed E-state index contributed by atoms with van der Waals surface area (Å²) in [5, 5.41) is 3.12. The highest BCUT2D eigenvalue weighted by Crippen LogP contribution is 2.31. The van der Waals surface area contributed by atoms with Crippen LogP contribution >= 0.6 is 11.8 Å². The van der Waals surface area contributed by atoms with E-state index in [1.54, 1.807) is 0 Å². The standard InChI is InChI=1S/C16H24N2OS/c1-12-5-6-14(17-4)13(11-12)15(19)18-8-7-16(2,3)20-10-9-18/h5-6,11,17H,7-10H2,1-4H3. The minimum Gasteiger partial charge on any atom is -0.387 e. The number of hydrogen-bond donors (Lipinski definition) is 1. The van der Waals surface area contributed by atoms with Crippen molar-refractivity contribution in [3.63, 3.8) is 0 Å². The van der Waals surface area contributed by atoms with E-state index in [0.717, 1.165) is 42.1 Å². The molecule has 2 rings (SSSR count). The minimum atomic E-state index is 0.149. The topological polar surface area (TPSA) is 32.3 Å². The highest BCUT2D eigenvalue weighted by atomic mass is 32.2. The first-order valence-corrected chi connectivity index (χ1v) is 8.13. The van der Waals surface area contributed by atoms with Gasteiger partial charge in [-0.2, -0.15) is 11.8 Å². The number of nitrogens with zero attached hydrogens (tertiary/aromatic N) is 1. The van der Waals surface area contributed by atoms with Crippen molar-refractivity contribution in [3.8, 4) is 0 Å². The van der Waals surface area contributed by atoms with Crippen LogP contribution in [0.2, 0.25) is 0 Å². The second-order valence-electron chi connectivity index (χ2n) is 5.95. The summed E-state index contributed by atoms with van der Waals surface area (Å²) in [7, 11) is 1.86. The molecule has 1 fully saturated rings. The molecule has 1 N–H and O–H groups in total. The van der Waals surface area contributed by atoms with Crippen LogP contribution in [0, 0.1) is 6.92 Å². The number of benzene rings is 1. The summed E-state index contributed by atoms with van der Waals surface area (Å²) in [4.78, 5) is 14.8. The Morgan fingerprint density at radius 1 is 1.35 bits per heavy atom. The molecule has 20 heavy (non-hydrogen) atoms. The molecule has 1 saturated heterocycles. The number of thioether (sulfide) groups is 1. The molecule has 0 spiro atoms. The molecule has 0 bridgehead atoms. The molecule has 0 aliphatic carbocycles. The molecule has 4 heteroatoms. The number of carbonyl (C=O) groups is 1. The Morgan fingerprint density at radius 2 is 2.10 bits per heavy atom. The maximum atomic E-state index is 12.8. The monoisotopic (exact) mass is 292 g/mol. The zero-order valence-electron chi connectivity index (χ0n) is 12.8. The Morgan fingerprint density at radius 3 is 2.80 bits per heavy atom. The van der Waals surface area contributed by atoms with Gasteiger partial charge < -0.3 is 10.2 Å².